The number of hydrogen-bond donors (Lipinski definition) is 14. The normalized spacial score (nSPS) is 15.0. The number of primary amides is 1. The molecule has 404 valence electrons. The van der Waals surface area contributed by atoms with E-state index in [0.717, 1.165) is 0 Å². The monoisotopic (exact) mass is 1020 g/mol. The fourth-order valence-electron chi connectivity index (χ4n) is 7.02. The molecule has 0 radical (unpaired) electrons. The summed E-state index contributed by atoms with van der Waals surface area (Å²) < 4.78 is 0. The van der Waals surface area contributed by atoms with Gasteiger partial charge < -0.3 is 75.7 Å². The number of carbonyl (C=O) groups is 10. The molecule has 0 aliphatic rings. The van der Waals surface area contributed by atoms with Crippen LogP contribution in [0.1, 0.15) is 107 Å². The predicted octanol–water partition coefficient (Wildman–Crippen LogP) is -2.40. The summed E-state index contributed by atoms with van der Waals surface area (Å²) in [6.45, 7) is 16.3. The Bertz CT molecular complexity index is 2060. The van der Waals surface area contributed by atoms with E-state index in [2.05, 4.69) is 47.5 Å². The van der Waals surface area contributed by atoms with E-state index in [1.54, 1.807) is 53.7 Å². The highest BCUT2D eigenvalue weighted by atomic mass is 16.4. The van der Waals surface area contributed by atoms with Gasteiger partial charge in [0.05, 0.1) is 12.5 Å². The van der Waals surface area contributed by atoms with E-state index < -0.39 is 132 Å². The molecule has 9 atom stereocenters. The number of nitrogens with zero attached hydrogens (tertiary/aromatic N) is 1. The number of aliphatic imine (C=N–C) groups is 1. The zero-order chi connectivity index (χ0) is 55.2. The van der Waals surface area contributed by atoms with Crippen LogP contribution in [0.25, 0.3) is 0 Å². The molecule has 0 saturated heterocycles. The van der Waals surface area contributed by atoms with E-state index >= 15 is 0 Å². The molecule has 25 heteroatoms. The van der Waals surface area contributed by atoms with E-state index in [1.165, 1.54) is 26.0 Å². The summed E-state index contributed by atoms with van der Waals surface area (Å²) in [4.78, 5) is 136. The first kappa shape index (κ1) is 63.0. The van der Waals surface area contributed by atoms with Crippen LogP contribution in [0, 0.1) is 23.7 Å². The third-order valence-corrected chi connectivity index (χ3v) is 11.0. The lowest BCUT2D eigenvalue weighted by molar-refractivity contribution is -0.143. The first-order chi connectivity index (χ1) is 33.4. The fraction of sp³-hybridized carbons (Fsp3) is 0.638. The largest absolute Gasteiger partial charge is 0.508 e. The van der Waals surface area contributed by atoms with Crippen molar-refractivity contribution in [1.29, 1.82) is 0 Å². The van der Waals surface area contributed by atoms with Crippen molar-refractivity contribution in [2.24, 2.45) is 51.6 Å². The summed E-state index contributed by atoms with van der Waals surface area (Å²) in [5.41, 5.74) is 23.2. The molecule has 1 aromatic carbocycles. The molecular weight excluding hydrogens is 939 g/mol. The highest BCUT2D eigenvalue weighted by molar-refractivity contribution is 5.99. The number of aliphatic carboxylic acids is 1. The van der Waals surface area contributed by atoms with Gasteiger partial charge in [-0.1, -0.05) is 67.5 Å². The summed E-state index contributed by atoms with van der Waals surface area (Å²) in [5.74, 6) is -10.4. The van der Waals surface area contributed by atoms with Gasteiger partial charge in [-0.05, 0) is 87.3 Å². The van der Waals surface area contributed by atoms with Gasteiger partial charge >= 0.3 is 5.97 Å². The number of nitrogens with one attached hydrogen (secondary N) is 8. The Labute approximate surface area is 420 Å². The number of phenolic OH excluding ortho intramolecular Hbond substituents is 1. The van der Waals surface area contributed by atoms with Crippen molar-refractivity contribution in [3.8, 4) is 5.75 Å². The van der Waals surface area contributed by atoms with Gasteiger partial charge in [-0.15, -0.1) is 0 Å². The zero-order valence-electron chi connectivity index (χ0n) is 43.0. The van der Waals surface area contributed by atoms with Crippen LogP contribution in [-0.4, -0.2) is 136 Å². The average Bonchev–Trinajstić information content (AvgIpc) is 3.26. The van der Waals surface area contributed by atoms with Crippen LogP contribution in [0.5, 0.6) is 5.75 Å². The van der Waals surface area contributed by atoms with Gasteiger partial charge in [0.15, 0.2) is 5.96 Å². The second-order valence-corrected chi connectivity index (χ2v) is 19.4. The molecule has 0 bridgehead atoms. The van der Waals surface area contributed by atoms with Crippen molar-refractivity contribution < 1.29 is 58.2 Å². The molecule has 0 spiro atoms. The van der Waals surface area contributed by atoms with Gasteiger partial charge in [0.2, 0.25) is 53.2 Å². The highest BCUT2D eigenvalue weighted by Crippen LogP contribution is 2.14. The molecule has 72 heavy (non-hydrogen) atoms. The number of benzene rings is 1. The van der Waals surface area contributed by atoms with Crippen molar-refractivity contribution >= 4 is 65.1 Å². The number of carboxylic acids is 1. The smallest absolute Gasteiger partial charge is 0.326 e. The average molecular weight is 1020 g/mol. The number of amides is 9. The molecule has 18 N–H and O–H groups in total. The Hall–Kier alpha value is -7.05. The molecule has 0 fully saturated rings. The van der Waals surface area contributed by atoms with E-state index in [9.17, 15) is 58.2 Å². The third-order valence-electron chi connectivity index (χ3n) is 11.0. The van der Waals surface area contributed by atoms with Gasteiger partial charge in [0.25, 0.3) is 0 Å². The Kier molecular flexibility index (Phi) is 26.8. The first-order valence-electron chi connectivity index (χ1n) is 24.0. The van der Waals surface area contributed by atoms with Gasteiger partial charge in [0.1, 0.15) is 54.1 Å². The van der Waals surface area contributed by atoms with Crippen molar-refractivity contribution in [2.45, 2.75) is 162 Å². The number of nitrogens with two attached hydrogens (primary N) is 4. The Balaban J connectivity index is 3.23. The van der Waals surface area contributed by atoms with Gasteiger partial charge in [-0.2, -0.15) is 0 Å². The molecular formula is C47H79N13O12. The Morgan fingerprint density at radius 3 is 1.42 bits per heavy atom. The minimum Gasteiger partial charge on any atom is -0.508 e. The molecule has 0 aromatic heterocycles. The lowest BCUT2D eigenvalue weighted by atomic mass is 9.98. The number of phenols is 1. The minimum atomic E-state index is -1.70. The topological polar surface area (TPSA) is 424 Å². The summed E-state index contributed by atoms with van der Waals surface area (Å²) >= 11 is 0. The Morgan fingerprint density at radius 2 is 0.944 bits per heavy atom. The van der Waals surface area contributed by atoms with Crippen LogP contribution in [-0.2, 0) is 54.4 Å². The molecule has 9 amide bonds. The molecule has 25 nitrogen and oxygen atoms in total. The van der Waals surface area contributed by atoms with Crippen molar-refractivity contribution in [1.82, 2.24) is 42.5 Å². The second kappa shape index (κ2) is 30.6. The molecule has 0 unspecified atom stereocenters. The van der Waals surface area contributed by atoms with Crippen molar-refractivity contribution in [2.75, 3.05) is 6.54 Å². The highest BCUT2D eigenvalue weighted by Gasteiger charge is 2.36. The lowest BCUT2D eigenvalue weighted by Crippen LogP contribution is -2.61. The maximum absolute atomic E-state index is 13.9. The summed E-state index contributed by atoms with van der Waals surface area (Å²) in [6.07, 6.45) is -0.375. The third kappa shape index (κ3) is 23.2. The summed E-state index contributed by atoms with van der Waals surface area (Å²) in [7, 11) is 0. The van der Waals surface area contributed by atoms with Gasteiger partial charge in [0, 0.05) is 6.54 Å². The number of guanidine groups is 1. The van der Waals surface area contributed by atoms with Crippen molar-refractivity contribution in [3.05, 3.63) is 29.8 Å². The predicted molar refractivity (Wildman–Crippen MR) is 267 cm³/mol. The van der Waals surface area contributed by atoms with Gasteiger partial charge in [-0.25, -0.2) is 4.79 Å². The molecule has 0 saturated carbocycles. The number of rotatable bonds is 31. The van der Waals surface area contributed by atoms with Crippen LogP contribution >= 0.6 is 0 Å². The molecule has 0 aliphatic heterocycles. The number of carbonyl (C=O) groups excluding carboxylic acids is 9. The molecule has 0 aliphatic carbocycles. The molecule has 0 heterocycles. The number of carboxylic acid groups (broad SMARTS) is 1. The molecule has 1 aromatic rings. The Morgan fingerprint density at radius 1 is 0.528 bits per heavy atom. The van der Waals surface area contributed by atoms with Crippen LogP contribution in [0.15, 0.2) is 29.3 Å². The standard InChI is InChI=1S/C47H79N13O12/c1-22(2)18-32(56-40(65)30(48)20-28-13-15-29(61)16-14-28)42(67)54-26(9)38(63)53-27(10)39(64)55-31(12-11-17-52-47(50)51)41(66)57-34(21-35(49)62)44(69)59-36(24(5)6)45(70)58-33(19-23(3)4)43(68)60-37(25(7)8)46(71)72/h13-16,22-27,30-34,36-37,61H,11-12,17-21,48H2,1-10H3,(H2,49,62)(H,53,63)(H,54,67)(H,55,64)(H,56,65)(H,57,66)(H,58,70)(H,59,69)(H,60,68)(H,71,72)(H4,50,51,52)/t26-,27-,30-,31-,32-,33-,34-,36-,37-/m0/s1. The number of aromatic hydroxyl groups is 1. The van der Waals surface area contributed by atoms with Crippen molar-refractivity contribution in [3.63, 3.8) is 0 Å². The molecule has 1 rings (SSSR count). The maximum atomic E-state index is 13.9. The van der Waals surface area contributed by atoms with E-state index in [1.807, 2.05) is 13.8 Å². The first-order valence-corrected chi connectivity index (χ1v) is 24.0. The van der Waals surface area contributed by atoms with E-state index in [4.69, 9.17) is 22.9 Å². The fourth-order valence-corrected chi connectivity index (χ4v) is 7.02. The lowest BCUT2D eigenvalue weighted by Gasteiger charge is -2.29. The van der Waals surface area contributed by atoms with Crippen LogP contribution in [0.3, 0.4) is 0 Å². The van der Waals surface area contributed by atoms with Crippen LogP contribution in [0.4, 0.5) is 0 Å². The quantitative estimate of drug-likeness (QED) is 0.0209. The van der Waals surface area contributed by atoms with Gasteiger partial charge in [-0.3, -0.25) is 48.1 Å². The summed E-state index contributed by atoms with van der Waals surface area (Å²) in [5, 5.41) is 39.3. The van der Waals surface area contributed by atoms with E-state index in [-0.39, 0.29) is 62.2 Å². The maximum Gasteiger partial charge on any atom is 0.326 e. The SMILES string of the molecule is CC(C)C[C@H](NC(=O)[C@@H](NC(=O)[C@H](CC(N)=O)NC(=O)[C@H](CCCN=C(N)N)NC(=O)[C@H](C)NC(=O)[C@H](C)NC(=O)[C@H](CC(C)C)NC(=O)[C@@H](N)Cc1ccc(O)cc1)C(C)C)C(=O)N[C@H](C(=O)O)C(C)C. The van der Waals surface area contributed by atoms with E-state index in [0.29, 0.717) is 5.56 Å². The summed E-state index contributed by atoms with van der Waals surface area (Å²) in [6, 6.07) is -5.50. The van der Waals surface area contributed by atoms with Crippen LogP contribution in [0.2, 0.25) is 0 Å². The number of hydrogen-bond acceptors (Lipinski definition) is 13. The second-order valence-electron chi connectivity index (χ2n) is 19.4. The minimum absolute atomic E-state index is 0.00867. The van der Waals surface area contributed by atoms with Crippen LogP contribution < -0.4 is 65.5 Å². The zero-order valence-corrected chi connectivity index (χ0v) is 43.0.